The second kappa shape index (κ2) is 4.77. The zero-order chi connectivity index (χ0) is 15.1. The average Bonchev–Trinajstić information content (AvgIpc) is 2.98. The molecule has 0 saturated carbocycles. The van der Waals surface area contributed by atoms with Crippen molar-refractivity contribution in [1.29, 1.82) is 0 Å². The molecule has 0 atom stereocenters. The van der Waals surface area contributed by atoms with Gasteiger partial charge in [-0.2, -0.15) is 0 Å². The molecule has 1 aliphatic rings. The highest BCUT2D eigenvalue weighted by Gasteiger charge is 2.34. The number of aromatic nitrogens is 1. The van der Waals surface area contributed by atoms with Crippen molar-refractivity contribution in [2.24, 2.45) is 0 Å². The summed E-state index contributed by atoms with van der Waals surface area (Å²) in [7, 11) is 0. The summed E-state index contributed by atoms with van der Waals surface area (Å²) in [6.45, 7) is 0. The Bertz CT molecular complexity index is 841. The van der Waals surface area contributed by atoms with Crippen LogP contribution in [0, 0.1) is 0 Å². The minimum atomic E-state index is -0.281. The largest absolute Gasteiger partial charge is 0.436 e. The molecule has 4 rings (SSSR count). The van der Waals surface area contributed by atoms with Gasteiger partial charge in [-0.1, -0.05) is 54.6 Å². The predicted octanol–water partition coefficient (Wildman–Crippen LogP) is 3.04. The summed E-state index contributed by atoms with van der Waals surface area (Å²) in [5.41, 5.74) is 1.90. The van der Waals surface area contributed by atoms with Gasteiger partial charge in [0.25, 0.3) is 0 Å². The highest BCUT2D eigenvalue weighted by molar-refractivity contribution is 6.26. The first-order chi connectivity index (χ1) is 10.7. The topological polar surface area (TPSA) is 60.2 Å². The van der Waals surface area contributed by atoms with E-state index in [9.17, 15) is 9.59 Å². The number of hydrogen-bond donors (Lipinski definition) is 0. The summed E-state index contributed by atoms with van der Waals surface area (Å²) in [6, 6.07) is 16.4. The van der Waals surface area contributed by atoms with E-state index in [1.807, 2.05) is 30.3 Å². The molecule has 1 aliphatic carbocycles. The fourth-order valence-corrected chi connectivity index (χ4v) is 2.65. The molecule has 2 aromatic carbocycles. The van der Waals surface area contributed by atoms with Crippen LogP contribution in [0.25, 0.3) is 0 Å². The normalized spacial score (nSPS) is 12.9. The highest BCUT2D eigenvalue weighted by Crippen LogP contribution is 2.28. The summed E-state index contributed by atoms with van der Waals surface area (Å²) < 4.78 is 5.57. The van der Waals surface area contributed by atoms with E-state index < -0.39 is 0 Å². The lowest BCUT2D eigenvalue weighted by Gasteiger charge is -2.10. The maximum absolute atomic E-state index is 12.4. The molecule has 0 fully saturated rings. The van der Waals surface area contributed by atoms with Crippen molar-refractivity contribution >= 4 is 11.6 Å². The van der Waals surface area contributed by atoms with Gasteiger partial charge in [-0.05, 0) is 5.56 Å². The van der Waals surface area contributed by atoms with Crippen LogP contribution in [-0.2, 0) is 6.42 Å². The van der Waals surface area contributed by atoms with Gasteiger partial charge in [0.1, 0.15) is 0 Å². The Hall–Kier alpha value is -3.01. The third-order valence-corrected chi connectivity index (χ3v) is 3.71. The fraction of sp³-hybridized carbons (Fsp3) is 0.0556. The molecule has 0 aliphatic heterocycles. The van der Waals surface area contributed by atoms with E-state index in [1.165, 1.54) is 0 Å². The molecule has 1 heterocycles. The van der Waals surface area contributed by atoms with Crippen LogP contribution in [0.2, 0.25) is 0 Å². The van der Waals surface area contributed by atoms with E-state index in [-0.39, 0.29) is 23.0 Å². The molecule has 0 unspecified atom stereocenters. The van der Waals surface area contributed by atoms with Crippen molar-refractivity contribution in [3.05, 3.63) is 88.6 Å². The van der Waals surface area contributed by atoms with Crippen LogP contribution in [0.4, 0.5) is 0 Å². The summed E-state index contributed by atoms with van der Waals surface area (Å²) in [5, 5.41) is 0. The van der Waals surface area contributed by atoms with Crippen LogP contribution in [0.1, 0.15) is 43.6 Å². The summed E-state index contributed by atoms with van der Waals surface area (Å²) >= 11 is 0. The van der Waals surface area contributed by atoms with Gasteiger partial charge >= 0.3 is 0 Å². The lowest BCUT2D eigenvalue weighted by molar-refractivity contribution is 0.0958. The van der Waals surface area contributed by atoms with E-state index >= 15 is 0 Å². The number of rotatable bonds is 2. The summed E-state index contributed by atoms with van der Waals surface area (Å²) in [5.74, 6) is -0.106. The Morgan fingerprint density at radius 1 is 0.818 bits per heavy atom. The van der Waals surface area contributed by atoms with Crippen LogP contribution < -0.4 is 0 Å². The molecule has 0 spiro atoms. The van der Waals surface area contributed by atoms with Crippen molar-refractivity contribution in [1.82, 2.24) is 4.98 Å². The van der Waals surface area contributed by atoms with E-state index in [1.54, 1.807) is 24.3 Å². The van der Waals surface area contributed by atoms with Crippen molar-refractivity contribution in [3.8, 4) is 0 Å². The Labute approximate surface area is 126 Å². The number of benzene rings is 2. The number of ketones is 2. The maximum Gasteiger partial charge on any atom is 0.231 e. The van der Waals surface area contributed by atoms with Crippen molar-refractivity contribution in [3.63, 3.8) is 0 Å². The van der Waals surface area contributed by atoms with Crippen LogP contribution in [0.5, 0.6) is 0 Å². The van der Waals surface area contributed by atoms with Crippen molar-refractivity contribution < 1.29 is 14.0 Å². The molecular weight excluding hydrogens is 278 g/mol. The average molecular weight is 289 g/mol. The second-order valence-electron chi connectivity index (χ2n) is 5.15. The number of fused-ring (bicyclic) bond motifs is 2. The maximum atomic E-state index is 12.4. The van der Waals surface area contributed by atoms with Gasteiger partial charge in [0, 0.05) is 17.5 Å². The number of oxazole rings is 1. The quantitative estimate of drug-likeness (QED) is 0.569. The van der Waals surface area contributed by atoms with E-state index in [2.05, 4.69) is 4.98 Å². The van der Waals surface area contributed by atoms with Crippen LogP contribution in [-0.4, -0.2) is 16.6 Å². The lowest BCUT2D eigenvalue weighted by atomic mass is 9.91. The third-order valence-electron chi connectivity index (χ3n) is 3.71. The van der Waals surface area contributed by atoms with E-state index in [4.69, 9.17) is 4.42 Å². The first-order valence-electron chi connectivity index (χ1n) is 6.96. The van der Waals surface area contributed by atoms with Crippen LogP contribution in [0.3, 0.4) is 0 Å². The van der Waals surface area contributed by atoms with Gasteiger partial charge in [0.05, 0.1) is 0 Å². The Kier molecular flexibility index (Phi) is 2.76. The van der Waals surface area contributed by atoms with Gasteiger partial charge in [0.15, 0.2) is 11.6 Å². The molecule has 0 saturated heterocycles. The van der Waals surface area contributed by atoms with E-state index in [0.29, 0.717) is 23.4 Å². The SMILES string of the molecule is O=C1c2ccccc2C(=O)c2oc(Cc3ccccc3)nc21. The molecule has 3 aromatic rings. The first-order valence-corrected chi connectivity index (χ1v) is 6.96. The van der Waals surface area contributed by atoms with Crippen LogP contribution >= 0.6 is 0 Å². The zero-order valence-electron chi connectivity index (χ0n) is 11.6. The lowest BCUT2D eigenvalue weighted by Crippen LogP contribution is -2.19. The monoisotopic (exact) mass is 289 g/mol. The second-order valence-corrected chi connectivity index (χ2v) is 5.15. The van der Waals surface area contributed by atoms with Gasteiger partial charge in [-0.25, -0.2) is 4.98 Å². The Morgan fingerprint density at radius 2 is 1.45 bits per heavy atom. The third kappa shape index (κ3) is 1.89. The minimum absolute atomic E-state index is 0.0506. The molecule has 4 heteroatoms. The zero-order valence-corrected chi connectivity index (χ0v) is 11.6. The van der Waals surface area contributed by atoms with Gasteiger partial charge in [0.2, 0.25) is 17.3 Å². The van der Waals surface area contributed by atoms with Crippen molar-refractivity contribution in [2.75, 3.05) is 0 Å². The van der Waals surface area contributed by atoms with Gasteiger partial charge in [-0.3, -0.25) is 9.59 Å². The van der Waals surface area contributed by atoms with Crippen molar-refractivity contribution in [2.45, 2.75) is 6.42 Å². The minimum Gasteiger partial charge on any atom is -0.436 e. The summed E-state index contributed by atoms with van der Waals surface area (Å²) in [6.07, 6.45) is 0.449. The Balaban J connectivity index is 1.77. The molecule has 22 heavy (non-hydrogen) atoms. The smallest absolute Gasteiger partial charge is 0.231 e. The molecule has 1 aromatic heterocycles. The van der Waals surface area contributed by atoms with E-state index in [0.717, 1.165) is 5.56 Å². The van der Waals surface area contributed by atoms with Gasteiger partial charge in [-0.15, -0.1) is 0 Å². The number of carbonyl (C=O) groups excluding carboxylic acids is 2. The van der Waals surface area contributed by atoms with Crippen LogP contribution in [0.15, 0.2) is 59.0 Å². The standard InChI is InChI=1S/C18H11NO3/c20-16-12-8-4-5-9-13(12)17(21)18-15(16)19-14(22-18)10-11-6-2-1-3-7-11/h1-9H,10H2. The molecule has 4 nitrogen and oxygen atoms in total. The predicted molar refractivity (Wildman–Crippen MR) is 79.1 cm³/mol. The first kappa shape index (κ1) is 12.7. The number of nitrogens with zero attached hydrogens (tertiary/aromatic N) is 1. The fourth-order valence-electron chi connectivity index (χ4n) is 2.65. The summed E-state index contributed by atoms with van der Waals surface area (Å²) in [4.78, 5) is 29.1. The molecular formula is C18H11NO3. The Morgan fingerprint density at radius 3 is 2.18 bits per heavy atom. The molecule has 0 amide bonds. The highest BCUT2D eigenvalue weighted by atomic mass is 16.4. The molecule has 0 bridgehead atoms. The number of hydrogen-bond acceptors (Lipinski definition) is 4. The molecule has 0 radical (unpaired) electrons. The molecule has 106 valence electrons. The molecule has 0 N–H and O–H groups in total. The number of carbonyl (C=O) groups is 2. The van der Waals surface area contributed by atoms with Gasteiger partial charge < -0.3 is 4.42 Å².